The molecule has 3 unspecified atom stereocenters. The van der Waals surface area contributed by atoms with Crippen LogP contribution in [0.15, 0.2) is 29.4 Å². The van der Waals surface area contributed by atoms with Crippen LogP contribution < -0.4 is 10.6 Å². The molecule has 6 heteroatoms. The zero-order valence-corrected chi connectivity index (χ0v) is 13.8. The van der Waals surface area contributed by atoms with E-state index in [-0.39, 0.29) is 5.82 Å². The van der Waals surface area contributed by atoms with Crippen molar-refractivity contribution in [3.8, 4) is 0 Å². The van der Waals surface area contributed by atoms with E-state index in [2.05, 4.69) is 20.6 Å². The van der Waals surface area contributed by atoms with Gasteiger partial charge in [0.25, 0.3) is 0 Å². The van der Waals surface area contributed by atoms with Crippen molar-refractivity contribution >= 4 is 16.9 Å². The number of H-pyrrole nitrogens is 1. The van der Waals surface area contributed by atoms with Crippen molar-refractivity contribution in [2.24, 2.45) is 4.99 Å². The van der Waals surface area contributed by atoms with E-state index in [1.54, 1.807) is 7.05 Å². The monoisotopic (exact) mass is 330 g/mol. The minimum absolute atomic E-state index is 0.216. The molecule has 4 rings (SSSR count). The van der Waals surface area contributed by atoms with Crippen LogP contribution in [0.3, 0.4) is 0 Å². The summed E-state index contributed by atoms with van der Waals surface area (Å²) in [5.41, 5.74) is 2.02. The summed E-state index contributed by atoms with van der Waals surface area (Å²) in [6, 6.07) is 5.23. The van der Waals surface area contributed by atoms with E-state index < -0.39 is 0 Å². The van der Waals surface area contributed by atoms with Crippen LogP contribution in [0.25, 0.3) is 10.9 Å². The maximum atomic E-state index is 13.2. The summed E-state index contributed by atoms with van der Waals surface area (Å²) >= 11 is 0. The maximum Gasteiger partial charge on any atom is 0.191 e. The summed E-state index contributed by atoms with van der Waals surface area (Å²) in [6.07, 6.45) is 6.96. The van der Waals surface area contributed by atoms with Crippen molar-refractivity contribution in [1.82, 2.24) is 15.6 Å². The quantitative estimate of drug-likeness (QED) is 0.596. The molecule has 0 spiro atoms. The van der Waals surface area contributed by atoms with Crippen molar-refractivity contribution in [1.29, 1.82) is 0 Å². The first kappa shape index (κ1) is 15.4. The number of fused-ring (bicyclic) bond motifs is 3. The predicted molar refractivity (Wildman–Crippen MR) is 92.8 cm³/mol. The highest BCUT2D eigenvalue weighted by molar-refractivity contribution is 5.83. The van der Waals surface area contributed by atoms with Gasteiger partial charge in [-0.15, -0.1) is 0 Å². The molecule has 1 aromatic heterocycles. The van der Waals surface area contributed by atoms with Gasteiger partial charge in [0.2, 0.25) is 0 Å². The van der Waals surface area contributed by atoms with Gasteiger partial charge in [-0.25, -0.2) is 4.39 Å². The number of halogens is 1. The normalized spacial score (nSPS) is 26.2. The van der Waals surface area contributed by atoms with Crippen LogP contribution in [0, 0.1) is 5.82 Å². The fraction of sp³-hybridized carbons (Fsp3) is 0.500. The van der Waals surface area contributed by atoms with E-state index in [0.717, 1.165) is 42.7 Å². The number of benzene rings is 1. The number of aliphatic imine (C=N–C) groups is 1. The third-order valence-electron chi connectivity index (χ3n) is 5.07. The summed E-state index contributed by atoms with van der Waals surface area (Å²) in [6.45, 7) is 0.770. The second-order valence-electron chi connectivity index (χ2n) is 6.61. The summed E-state index contributed by atoms with van der Waals surface area (Å²) in [7, 11) is 1.79. The molecular formula is C18H23FN4O. The summed E-state index contributed by atoms with van der Waals surface area (Å²) < 4.78 is 19.1. The molecule has 5 nitrogen and oxygen atoms in total. The van der Waals surface area contributed by atoms with Gasteiger partial charge in [0.15, 0.2) is 5.96 Å². The number of hydrogen-bond acceptors (Lipinski definition) is 2. The van der Waals surface area contributed by atoms with Crippen LogP contribution in [-0.2, 0) is 11.2 Å². The lowest BCUT2D eigenvalue weighted by Gasteiger charge is -2.22. The Labute approximate surface area is 140 Å². The first-order valence-corrected chi connectivity index (χ1v) is 8.61. The molecule has 3 N–H and O–H groups in total. The van der Waals surface area contributed by atoms with Crippen LogP contribution >= 0.6 is 0 Å². The van der Waals surface area contributed by atoms with Crippen molar-refractivity contribution in [2.45, 2.75) is 43.9 Å². The van der Waals surface area contributed by atoms with Crippen LogP contribution in [-0.4, -0.2) is 42.8 Å². The van der Waals surface area contributed by atoms with Crippen LogP contribution in [0.2, 0.25) is 0 Å². The zero-order chi connectivity index (χ0) is 16.5. The van der Waals surface area contributed by atoms with Crippen LogP contribution in [0.1, 0.15) is 24.8 Å². The topological polar surface area (TPSA) is 61.4 Å². The number of rotatable bonds is 4. The Balaban J connectivity index is 1.32. The smallest absolute Gasteiger partial charge is 0.191 e. The highest BCUT2D eigenvalue weighted by atomic mass is 19.1. The number of aromatic amines is 1. The SMILES string of the molecule is CN=C(NCCc1c[nH]c2cc(F)ccc12)NC1CC2CCC1O2. The average Bonchev–Trinajstić information content (AvgIpc) is 3.29. The number of nitrogens with one attached hydrogen (secondary N) is 3. The number of hydrogen-bond donors (Lipinski definition) is 3. The van der Waals surface area contributed by atoms with Gasteiger partial charge in [0.05, 0.1) is 18.2 Å². The van der Waals surface area contributed by atoms with E-state index in [0.29, 0.717) is 18.2 Å². The van der Waals surface area contributed by atoms with E-state index in [9.17, 15) is 4.39 Å². The first-order valence-electron chi connectivity index (χ1n) is 8.61. The molecule has 2 aliphatic heterocycles. The summed E-state index contributed by atoms with van der Waals surface area (Å²) in [4.78, 5) is 7.44. The third kappa shape index (κ3) is 2.98. The number of guanidine groups is 1. The highest BCUT2D eigenvalue weighted by Gasteiger charge is 2.41. The van der Waals surface area contributed by atoms with Crippen molar-refractivity contribution in [3.05, 3.63) is 35.8 Å². The minimum Gasteiger partial charge on any atom is -0.373 e. The second-order valence-corrected chi connectivity index (χ2v) is 6.61. The van der Waals surface area contributed by atoms with Gasteiger partial charge in [-0.1, -0.05) is 0 Å². The third-order valence-corrected chi connectivity index (χ3v) is 5.07. The molecule has 2 saturated heterocycles. The molecule has 3 heterocycles. The lowest BCUT2D eigenvalue weighted by atomic mass is 9.96. The molecular weight excluding hydrogens is 307 g/mol. The molecule has 3 atom stereocenters. The predicted octanol–water partition coefficient (Wildman–Crippen LogP) is 2.33. The Hall–Kier alpha value is -2.08. The van der Waals surface area contributed by atoms with E-state index in [1.165, 1.54) is 24.1 Å². The zero-order valence-electron chi connectivity index (χ0n) is 13.8. The van der Waals surface area contributed by atoms with Gasteiger partial charge >= 0.3 is 0 Å². The molecule has 2 aliphatic rings. The van der Waals surface area contributed by atoms with Gasteiger partial charge in [-0.05, 0) is 49.4 Å². The maximum absolute atomic E-state index is 13.2. The highest BCUT2D eigenvalue weighted by Crippen LogP contribution is 2.34. The second kappa shape index (κ2) is 6.43. The number of aromatic nitrogens is 1. The van der Waals surface area contributed by atoms with Gasteiger partial charge in [0, 0.05) is 30.7 Å². The molecule has 0 radical (unpaired) electrons. The number of ether oxygens (including phenoxy) is 1. The summed E-state index contributed by atoms with van der Waals surface area (Å²) in [5, 5.41) is 7.92. The Morgan fingerprint density at radius 2 is 2.33 bits per heavy atom. The van der Waals surface area contributed by atoms with Crippen molar-refractivity contribution < 1.29 is 9.13 Å². The van der Waals surface area contributed by atoms with E-state index >= 15 is 0 Å². The Kier molecular flexibility index (Phi) is 4.14. The van der Waals surface area contributed by atoms with Crippen LogP contribution in [0.5, 0.6) is 0 Å². The van der Waals surface area contributed by atoms with Crippen molar-refractivity contribution in [2.75, 3.05) is 13.6 Å². The molecule has 2 bridgehead atoms. The van der Waals surface area contributed by atoms with Crippen LogP contribution in [0.4, 0.5) is 4.39 Å². The Morgan fingerprint density at radius 3 is 3.08 bits per heavy atom. The fourth-order valence-corrected chi connectivity index (χ4v) is 3.84. The molecule has 1 aromatic carbocycles. The molecule has 24 heavy (non-hydrogen) atoms. The molecule has 2 aromatic rings. The average molecular weight is 330 g/mol. The summed E-state index contributed by atoms with van der Waals surface area (Å²) in [5.74, 6) is 0.605. The fourth-order valence-electron chi connectivity index (χ4n) is 3.84. The lowest BCUT2D eigenvalue weighted by Crippen LogP contribution is -2.47. The van der Waals surface area contributed by atoms with E-state index in [1.807, 2.05) is 12.3 Å². The molecule has 2 fully saturated rings. The first-order chi connectivity index (χ1) is 11.7. The molecule has 128 valence electrons. The van der Waals surface area contributed by atoms with E-state index in [4.69, 9.17) is 4.74 Å². The standard InChI is InChI=1S/C18H23FN4O/c1-20-18(23-16-9-13-3-5-17(16)24-13)21-7-6-11-10-22-15-8-12(19)2-4-14(11)15/h2,4,8,10,13,16-17,22H,3,5-7,9H2,1H3,(H2,20,21,23). The Morgan fingerprint density at radius 1 is 1.42 bits per heavy atom. The minimum atomic E-state index is -0.216. The van der Waals surface area contributed by atoms with Gasteiger partial charge in [-0.3, -0.25) is 4.99 Å². The van der Waals surface area contributed by atoms with Gasteiger partial charge in [-0.2, -0.15) is 0 Å². The Bertz CT molecular complexity index is 757. The lowest BCUT2D eigenvalue weighted by molar-refractivity contribution is 0.0992. The molecule has 0 amide bonds. The van der Waals surface area contributed by atoms with Gasteiger partial charge < -0.3 is 20.4 Å². The largest absolute Gasteiger partial charge is 0.373 e. The molecule has 0 aliphatic carbocycles. The van der Waals surface area contributed by atoms with Gasteiger partial charge in [0.1, 0.15) is 5.82 Å². The number of nitrogens with zero attached hydrogens (tertiary/aromatic N) is 1. The molecule has 0 saturated carbocycles. The van der Waals surface area contributed by atoms with Crippen molar-refractivity contribution in [3.63, 3.8) is 0 Å².